The van der Waals surface area contributed by atoms with Crippen LogP contribution in [-0.4, -0.2) is 14.8 Å². The Balaban J connectivity index is 1.88. The number of hydrogen-bond acceptors (Lipinski definition) is 4. The number of thioether (sulfide) groups is 1. The van der Waals surface area contributed by atoms with Gasteiger partial charge in [0.15, 0.2) is 11.0 Å². The fraction of sp³-hybridized carbons (Fsp3) is 0.368. The van der Waals surface area contributed by atoms with Gasteiger partial charge in [0, 0.05) is 28.1 Å². The van der Waals surface area contributed by atoms with Gasteiger partial charge in [0.1, 0.15) is 0 Å². The fourth-order valence-corrected chi connectivity index (χ4v) is 4.92. The Labute approximate surface area is 152 Å². The largest absolute Gasteiger partial charge is 0.302 e. The maximum absolute atomic E-state index is 4.51. The molecule has 0 fully saturated rings. The third-order valence-electron chi connectivity index (χ3n) is 4.35. The molecule has 0 atom stereocenters. The molecule has 0 radical (unpaired) electrons. The minimum atomic E-state index is 0.885. The van der Waals surface area contributed by atoms with Crippen molar-refractivity contribution in [1.29, 1.82) is 0 Å². The standard InChI is InChI=1S/C19H23N3S2/c1-5-16-14(4)23-12-17(16)18-20-21-19(22(18)6-2)24-11-15-10-8-7-9-13(15)3/h7-10,12H,5-6,11H2,1-4H3. The molecule has 0 saturated heterocycles. The molecule has 126 valence electrons. The monoisotopic (exact) mass is 357 g/mol. The van der Waals surface area contributed by atoms with Gasteiger partial charge < -0.3 is 4.57 Å². The molecule has 0 N–H and O–H groups in total. The number of nitrogens with zero attached hydrogens (tertiary/aromatic N) is 3. The van der Waals surface area contributed by atoms with E-state index in [1.807, 2.05) is 0 Å². The number of aryl methyl sites for hydroxylation is 2. The molecule has 3 nitrogen and oxygen atoms in total. The number of benzene rings is 1. The second-order valence-corrected chi connectivity index (χ2v) is 7.83. The van der Waals surface area contributed by atoms with Crippen LogP contribution in [0.4, 0.5) is 0 Å². The summed E-state index contributed by atoms with van der Waals surface area (Å²) in [6.45, 7) is 9.60. The Hall–Kier alpha value is -1.59. The van der Waals surface area contributed by atoms with E-state index < -0.39 is 0 Å². The first-order valence-corrected chi connectivity index (χ1v) is 10.2. The van der Waals surface area contributed by atoms with Crippen LogP contribution in [0.25, 0.3) is 11.4 Å². The lowest BCUT2D eigenvalue weighted by molar-refractivity contribution is 0.687. The molecular formula is C19H23N3S2. The van der Waals surface area contributed by atoms with Crippen molar-refractivity contribution in [2.45, 2.75) is 51.6 Å². The van der Waals surface area contributed by atoms with Crippen molar-refractivity contribution in [2.75, 3.05) is 0 Å². The van der Waals surface area contributed by atoms with Crippen molar-refractivity contribution in [2.24, 2.45) is 0 Å². The van der Waals surface area contributed by atoms with Gasteiger partial charge in [0.05, 0.1) is 0 Å². The van der Waals surface area contributed by atoms with Crippen molar-refractivity contribution in [1.82, 2.24) is 14.8 Å². The maximum Gasteiger partial charge on any atom is 0.191 e. The molecule has 24 heavy (non-hydrogen) atoms. The SMILES string of the molecule is CCc1c(-c2nnc(SCc3ccccc3C)n2CC)csc1C. The highest BCUT2D eigenvalue weighted by molar-refractivity contribution is 7.98. The number of aromatic nitrogens is 3. The van der Waals surface area contributed by atoms with Crippen LogP contribution >= 0.6 is 23.1 Å². The van der Waals surface area contributed by atoms with Gasteiger partial charge in [-0.3, -0.25) is 0 Å². The Kier molecular flexibility index (Phi) is 5.41. The maximum atomic E-state index is 4.51. The highest BCUT2D eigenvalue weighted by Gasteiger charge is 2.18. The van der Waals surface area contributed by atoms with Crippen LogP contribution < -0.4 is 0 Å². The van der Waals surface area contributed by atoms with Gasteiger partial charge in [-0.25, -0.2) is 0 Å². The first-order chi connectivity index (χ1) is 11.7. The molecule has 2 heterocycles. The Morgan fingerprint density at radius 3 is 2.62 bits per heavy atom. The van der Waals surface area contributed by atoms with Crippen LogP contribution in [0.2, 0.25) is 0 Å². The minimum absolute atomic E-state index is 0.885. The minimum Gasteiger partial charge on any atom is -0.302 e. The quantitative estimate of drug-likeness (QED) is 0.546. The van der Waals surface area contributed by atoms with Gasteiger partial charge in [-0.2, -0.15) is 0 Å². The molecule has 0 aliphatic heterocycles. The van der Waals surface area contributed by atoms with E-state index in [-0.39, 0.29) is 0 Å². The third-order valence-corrected chi connectivity index (χ3v) is 6.32. The topological polar surface area (TPSA) is 30.7 Å². The number of rotatable bonds is 6. The summed E-state index contributed by atoms with van der Waals surface area (Å²) in [4.78, 5) is 1.38. The van der Waals surface area contributed by atoms with E-state index in [2.05, 4.69) is 72.1 Å². The number of hydrogen-bond donors (Lipinski definition) is 0. The molecule has 3 aromatic rings. The first kappa shape index (κ1) is 17.2. The molecule has 0 bridgehead atoms. The molecule has 0 spiro atoms. The lowest BCUT2D eigenvalue weighted by atomic mass is 10.1. The molecule has 0 aliphatic carbocycles. The van der Waals surface area contributed by atoms with Crippen molar-refractivity contribution in [3.8, 4) is 11.4 Å². The normalized spacial score (nSPS) is 11.2. The molecule has 0 amide bonds. The van der Waals surface area contributed by atoms with E-state index in [9.17, 15) is 0 Å². The van der Waals surface area contributed by atoms with Crippen molar-refractivity contribution in [3.05, 3.63) is 51.2 Å². The lowest BCUT2D eigenvalue weighted by Gasteiger charge is -2.09. The Bertz CT molecular complexity index is 833. The Morgan fingerprint density at radius 1 is 1.12 bits per heavy atom. The van der Waals surface area contributed by atoms with Gasteiger partial charge >= 0.3 is 0 Å². The van der Waals surface area contributed by atoms with Gasteiger partial charge in [0.2, 0.25) is 0 Å². The molecule has 2 aromatic heterocycles. The van der Waals surface area contributed by atoms with E-state index >= 15 is 0 Å². The summed E-state index contributed by atoms with van der Waals surface area (Å²) in [7, 11) is 0. The van der Waals surface area contributed by atoms with Crippen LogP contribution in [0.1, 0.15) is 35.4 Å². The van der Waals surface area contributed by atoms with Crippen LogP contribution in [0.3, 0.4) is 0 Å². The van der Waals surface area contributed by atoms with Crippen LogP contribution in [0.15, 0.2) is 34.8 Å². The van der Waals surface area contributed by atoms with Gasteiger partial charge in [-0.15, -0.1) is 21.5 Å². The average molecular weight is 358 g/mol. The van der Waals surface area contributed by atoms with Gasteiger partial charge in [-0.1, -0.05) is 43.0 Å². The van der Waals surface area contributed by atoms with Crippen LogP contribution in [-0.2, 0) is 18.7 Å². The lowest BCUT2D eigenvalue weighted by Crippen LogP contribution is -2.01. The van der Waals surface area contributed by atoms with E-state index in [0.29, 0.717) is 0 Å². The second-order valence-electron chi connectivity index (χ2n) is 5.80. The summed E-state index contributed by atoms with van der Waals surface area (Å²) in [6, 6.07) is 8.53. The predicted molar refractivity (Wildman–Crippen MR) is 104 cm³/mol. The molecule has 0 aliphatic rings. The summed E-state index contributed by atoms with van der Waals surface area (Å²) in [5, 5.41) is 12.2. The highest BCUT2D eigenvalue weighted by Crippen LogP contribution is 2.33. The highest BCUT2D eigenvalue weighted by atomic mass is 32.2. The van der Waals surface area contributed by atoms with Crippen molar-refractivity contribution in [3.63, 3.8) is 0 Å². The van der Waals surface area contributed by atoms with E-state index in [0.717, 1.165) is 29.7 Å². The van der Waals surface area contributed by atoms with Crippen molar-refractivity contribution >= 4 is 23.1 Å². The molecule has 0 saturated carbocycles. The third kappa shape index (κ3) is 3.28. The second kappa shape index (κ2) is 7.53. The van der Waals surface area contributed by atoms with Gasteiger partial charge in [0.25, 0.3) is 0 Å². The first-order valence-electron chi connectivity index (χ1n) is 8.33. The zero-order valence-corrected chi connectivity index (χ0v) is 16.3. The van der Waals surface area contributed by atoms with E-state index in [1.54, 1.807) is 23.1 Å². The molecule has 5 heteroatoms. The smallest absolute Gasteiger partial charge is 0.191 e. The van der Waals surface area contributed by atoms with E-state index in [1.165, 1.54) is 27.1 Å². The molecule has 1 aromatic carbocycles. The van der Waals surface area contributed by atoms with Gasteiger partial charge in [-0.05, 0) is 43.9 Å². The molecule has 0 unspecified atom stereocenters. The predicted octanol–water partition coefficient (Wildman–Crippen LogP) is 5.50. The summed E-state index contributed by atoms with van der Waals surface area (Å²) in [6.07, 6.45) is 1.03. The summed E-state index contributed by atoms with van der Waals surface area (Å²) < 4.78 is 2.24. The molecule has 3 rings (SSSR count). The number of thiophene rings is 1. The van der Waals surface area contributed by atoms with Crippen LogP contribution in [0, 0.1) is 13.8 Å². The average Bonchev–Trinajstić information content (AvgIpc) is 3.16. The fourth-order valence-electron chi connectivity index (χ4n) is 2.90. The molecular weight excluding hydrogens is 334 g/mol. The summed E-state index contributed by atoms with van der Waals surface area (Å²) in [5.74, 6) is 1.93. The van der Waals surface area contributed by atoms with E-state index in [4.69, 9.17) is 0 Å². The summed E-state index contributed by atoms with van der Waals surface area (Å²) in [5.41, 5.74) is 5.33. The Morgan fingerprint density at radius 2 is 1.92 bits per heavy atom. The zero-order chi connectivity index (χ0) is 17.1. The zero-order valence-electron chi connectivity index (χ0n) is 14.7. The van der Waals surface area contributed by atoms with Crippen molar-refractivity contribution < 1.29 is 0 Å². The summed E-state index contributed by atoms with van der Waals surface area (Å²) >= 11 is 3.57. The van der Waals surface area contributed by atoms with Crippen LogP contribution in [0.5, 0.6) is 0 Å².